The first kappa shape index (κ1) is 19.1. The van der Waals surface area contributed by atoms with E-state index in [1.165, 1.54) is 5.56 Å². The molecule has 5 nitrogen and oxygen atoms in total. The number of benzene rings is 3. The number of nitrogens with one attached hydrogen (secondary N) is 1. The van der Waals surface area contributed by atoms with Crippen LogP contribution >= 0.6 is 0 Å². The van der Waals surface area contributed by atoms with E-state index in [2.05, 4.69) is 41.4 Å². The molecule has 0 saturated carbocycles. The van der Waals surface area contributed by atoms with Crippen LogP contribution in [0.4, 0.5) is 0 Å². The van der Waals surface area contributed by atoms with Gasteiger partial charge >= 0.3 is 0 Å². The molecule has 1 N–H and O–H groups in total. The van der Waals surface area contributed by atoms with Gasteiger partial charge in [-0.25, -0.2) is 0 Å². The molecule has 1 unspecified atom stereocenters. The second-order valence-corrected chi connectivity index (χ2v) is 7.82. The Morgan fingerprint density at radius 2 is 1.68 bits per heavy atom. The highest BCUT2D eigenvalue weighted by molar-refractivity contribution is 6.00. The maximum atomic E-state index is 13.4. The predicted molar refractivity (Wildman–Crippen MR) is 120 cm³/mol. The number of nitrogens with zero attached hydrogens (tertiary/aromatic N) is 2. The van der Waals surface area contributed by atoms with Gasteiger partial charge in [-0.15, -0.1) is 0 Å². The molecular weight excluding hydrogens is 386 g/mol. The number of hydrogen-bond acceptors (Lipinski definition) is 3. The molecule has 1 aromatic heterocycles. The highest BCUT2D eigenvalue weighted by atomic mass is 16.5. The van der Waals surface area contributed by atoms with Crippen LogP contribution in [0.5, 0.6) is 5.75 Å². The van der Waals surface area contributed by atoms with Gasteiger partial charge in [0.1, 0.15) is 11.4 Å². The lowest BCUT2D eigenvalue weighted by molar-refractivity contribution is 0.0730. The van der Waals surface area contributed by atoms with Crippen LogP contribution in [0.2, 0.25) is 0 Å². The van der Waals surface area contributed by atoms with E-state index in [1.807, 2.05) is 59.5 Å². The zero-order valence-electron chi connectivity index (χ0n) is 17.5. The summed E-state index contributed by atoms with van der Waals surface area (Å²) in [5.41, 5.74) is 6.63. The number of aromatic amines is 1. The predicted octanol–water partition coefficient (Wildman–Crippen LogP) is 5.14. The van der Waals surface area contributed by atoms with Crippen molar-refractivity contribution in [1.29, 1.82) is 0 Å². The molecule has 154 valence electrons. The van der Waals surface area contributed by atoms with Crippen LogP contribution in [0.3, 0.4) is 0 Å². The topological polar surface area (TPSA) is 58.2 Å². The second-order valence-electron chi connectivity index (χ2n) is 7.82. The summed E-state index contributed by atoms with van der Waals surface area (Å²) < 4.78 is 5.27. The van der Waals surface area contributed by atoms with Crippen LogP contribution in [0.25, 0.3) is 11.3 Å². The number of rotatable bonds is 5. The van der Waals surface area contributed by atoms with Crippen LogP contribution in [-0.2, 0) is 6.54 Å². The summed E-state index contributed by atoms with van der Waals surface area (Å²) in [5.74, 6) is 0.762. The number of carbonyl (C=O) groups excluding carboxylic acids is 1. The van der Waals surface area contributed by atoms with E-state index in [0.717, 1.165) is 33.7 Å². The third-order valence-corrected chi connectivity index (χ3v) is 5.82. The molecular formula is C26H23N3O2. The van der Waals surface area contributed by atoms with Crippen molar-refractivity contribution in [3.05, 3.63) is 107 Å². The fourth-order valence-electron chi connectivity index (χ4n) is 4.20. The summed E-state index contributed by atoms with van der Waals surface area (Å²) in [6, 6.07) is 26.0. The van der Waals surface area contributed by atoms with Crippen molar-refractivity contribution in [2.75, 3.05) is 7.11 Å². The van der Waals surface area contributed by atoms with Gasteiger partial charge in [0, 0.05) is 17.7 Å². The van der Waals surface area contributed by atoms with Gasteiger partial charge in [-0.2, -0.15) is 5.10 Å². The Bertz CT molecular complexity index is 1210. The lowest BCUT2D eigenvalue weighted by Crippen LogP contribution is -2.29. The number of ether oxygens (including phenoxy) is 1. The lowest BCUT2D eigenvalue weighted by atomic mass is 9.95. The number of aromatic nitrogens is 2. The fourth-order valence-corrected chi connectivity index (χ4v) is 4.20. The molecule has 1 atom stereocenters. The average molecular weight is 409 g/mol. The molecule has 5 heteroatoms. The molecule has 5 rings (SSSR count). The first-order valence-corrected chi connectivity index (χ1v) is 10.3. The second kappa shape index (κ2) is 7.76. The Labute approximate surface area is 181 Å². The minimum Gasteiger partial charge on any atom is -0.497 e. The van der Waals surface area contributed by atoms with E-state index >= 15 is 0 Å². The van der Waals surface area contributed by atoms with E-state index in [0.29, 0.717) is 12.2 Å². The maximum absolute atomic E-state index is 13.4. The van der Waals surface area contributed by atoms with Gasteiger partial charge in [-0.3, -0.25) is 9.89 Å². The molecule has 2 heterocycles. The smallest absolute Gasteiger partial charge is 0.273 e. The van der Waals surface area contributed by atoms with E-state index in [1.54, 1.807) is 7.11 Å². The van der Waals surface area contributed by atoms with Gasteiger partial charge in [0.15, 0.2) is 0 Å². The Balaban J connectivity index is 1.61. The number of H-pyrrole nitrogens is 1. The summed E-state index contributed by atoms with van der Waals surface area (Å²) in [7, 11) is 1.65. The largest absolute Gasteiger partial charge is 0.497 e. The molecule has 0 spiro atoms. The number of methoxy groups -OCH3 is 1. The molecule has 3 aromatic carbocycles. The lowest BCUT2D eigenvalue weighted by Gasteiger charge is -2.26. The third-order valence-electron chi connectivity index (χ3n) is 5.82. The quantitative estimate of drug-likeness (QED) is 0.497. The van der Waals surface area contributed by atoms with Crippen LogP contribution in [-0.4, -0.2) is 28.1 Å². The first-order valence-electron chi connectivity index (χ1n) is 10.3. The van der Waals surface area contributed by atoms with Crippen LogP contribution < -0.4 is 4.74 Å². The first-order chi connectivity index (χ1) is 15.2. The standard InChI is InChI=1S/C26H23N3O2/c1-17-8-12-20(13-9-17)25-22-23(19-6-4-3-5-7-19)27-28-24(22)26(30)29(25)16-18-10-14-21(31-2)15-11-18/h3-15,25H,16H2,1-2H3,(H,27,28). The summed E-state index contributed by atoms with van der Waals surface area (Å²) in [5, 5.41) is 7.55. The molecule has 1 amide bonds. The van der Waals surface area contributed by atoms with Crippen molar-refractivity contribution < 1.29 is 9.53 Å². The molecule has 0 radical (unpaired) electrons. The number of amides is 1. The van der Waals surface area contributed by atoms with E-state index < -0.39 is 0 Å². The van der Waals surface area contributed by atoms with Crippen molar-refractivity contribution in [2.45, 2.75) is 19.5 Å². The summed E-state index contributed by atoms with van der Waals surface area (Å²) in [6.07, 6.45) is 0. The number of carbonyl (C=O) groups is 1. The molecule has 1 aliphatic rings. The SMILES string of the molecule is COc1ccc(CN2C(=O)c3[nH]nc(-c4ccccc4)c3C2c2ccc(C)cc2)cc1. The van der Waals surface area contributed by atoms with Gasteiger partial charge in [-0.1, -0.05) is 72.3 Å². The zero-order chi connectivity index (χ0) is 21.4. The van der Waals surface area contributed by atoms with Gasteiger partial charge in [0.2, 0.25) is 0 Å². The molecule has 0 fully saturated rings. The average Bonchev–Trinajstić information content (AvgIpc) is 3.35. The molecule has 4 aromatic rings. The highest BCUT2D eigenvalue weighted by Crippen LogP contribution is 2.43. The van der Waals surface area contributed by atoms with Crippen molar-refractivity contribution in [3.63, 3.8) is 0 Å². The minimum absolute atomic E-state index is 0.0360. The van der Waals surface area contributed by atoms with E-state index in [9.17, 15) is 4.79 Å². The van der Waals surface area contributed by atoms with Crippen molar-refractivity contribution in [1.82, 2.24) is 15.1 Å². The minimum atomic E-state index is -0.209. The number of fused-ring (bicyclic) bond motifs is 1. The van der Waals surface area contributed by atoms with Gasteiger partial charge in [0.05, 0.1) is 18.8 Å². The van der Waals surface area contributed by atoms with Crippen molar-refractivity contribution in [2.24, 2.45) is 0 Å². The van der Waals surface area contributed by atoms with Gasteiger partial charge < -0.3 is 9.64 Å². The Morgan fingerprint density at radius 1 is 0.968 bits per heavy atom. The van der Waals surface area contributed by atoms with Gasteiger partial charge in [0.25, 0.3) is 5.91 Å². The van der Waals surface area contributed by atoms with E-state index in [-0.39, 0.29) is 11.9 Å². The van der Waals surface area contributed by atoms with Crippen LogP contribution in [0.1, 0.15) is 38.8 Å². The van der Waals surface area contributed by atoms with E-state index in [4.69, 9.17) is 4.74 Å². The Morgan fingerprint density at radius 3 is 2.35 bits per heavy atom. The highest BCUT2D eigenvalue weighted by Gasteiger charge is 2.42. The Kier molecular flexibility index (Phi) is 4.79. The van der Waals surface area contributed by atoms with Crippen molar-refractivity contribution >= 4 is 5.91 Å². The molecule has 0 aliphatic carbocycles. The van der Waals surface area contributed by atoms with Crippen LogP contribution in [0, 0.1) is 6.92 Å². The summed E-state index contributed by atoms with van der Waals surface area (Å²) in [6.45, 7) is 2.56. The Hall–Kier alpha value is -3.86. The normalized spacial score (nSPS) is 15.2. The monoisotopic (exact) mass is 409 g/mol. The third kappa shape index (κ3) is 3.38. The molecule has 1 aliphatic heterocycles. The van der Waals surface area contributed by atoms with Crippen molar-refractivity contribution in [3.8, 4) is 17.0 Å². The summed E-state index contributed by atoms with van der Waals surface area (Å²) >= 11 is 0. The fraction of sp³-hybridized carbons (Fsp3) is 0.154. The molecule has 31 heavy (non-hydrogen) atoms. The summed E-state index contributed by atoms with van der Waals surface area (Å²) in [4.78, 5) is 15.4. The zero-order valence-corrected chi connectivity index (χ0v) is 17.5. The van der Waals surface area contributed by atoms with Gasteiger partial charge in [-0.05, 0) is 30.2 Å². The molecule has 0 saturated heterocycles. The number of hydrogen-bond donors (Lipinski definition) is 1. The maximum Gasteiger partial charge on any atom is 0.273 e. The van der Waals surface area contributed by atoms with Crippen LogP contribution in [0.15, 0.2) is 78.9 Å². The number of aryl methyl sites for hydroxylation is 1. The molecule has 0 bridgehead atoms.